The first-order valence-electron chi connectivity index (χ1n) is 5.46. The van der Waals surface area contributed by atoms with Crippen LogP contribution >= 0.6 is 0 Å². The van der Waals surface area contributed by atoms with E-state index in [-0.39, 0.29) is 5.91 Å². The molecule has 1 amide bonds. The summed E-state index contributed by atoms with van der Waals surface area (Å²) in [5, 5.41) is 3.46. The molecule has 1 fully saturated rings. The van der Waals surface area contributed by atoms with E-state index in [1.54, 1.807) is 0 Å². The topological polar surface area (TPSA) is 58.4 Å². The molecule has 1 atom stereocenters. The van der Waals surface area contributed by atoms with E-state index in [2.05, 4.69) is 17.1 Å². The molecule has 0 saturated carbocycles. The quantitative estimate of drug-likeness (QED) is 0.652. The predicted octanol–water partition coefficient (Wildman–Crippen LogP) is -0.0643. The van der Waals surface area contributed by atoms with E-state index in [1.165, 1.54) is 0 Å². The third-order valence-corrected chi connectivity index (χ3v) is 2.76. The largest absolute Gasteiger partial charge is 0.370 e. The Morgan fingerprint density at radius 1 is 1.64 bits per heavy atom. The van der Waals surface area contributed by atoms with Gasteiger partial charge in [0.2, 0.25) is 5.91 Å². The van der Waals surface area contributed by atoms with Crippen molar-refractivity contribution in [2.45, 2.75) is 32.2 Å². The maximum atomic E-state index is 10.6. The minimum atomic E-state index is -0.187. The fourth-order valence-electron chi connectivity index (χ4n) is 1.90. The summed E-state index contributed by atoms with van der Waals surface area (Å²) in [6, 6.07) is 0.544. The number of nitrogens with zero attached hydrogens (tertiary/aromatic N) is 1. The summed E-state index contributed by atoms with van der Waals surface area (Å²) in [4.78, 5) is 13.0. The van der Waals surface area contributed by atoms with Crippen LogP contribution in [0, 0.1) is 0 Å². The summed E-state index contributed by atoms with van der Waals surface area (Å²) in [7, 11) is 0. The average molecular weight is 199 g/mol. The number of nitrogens with one attached hydrogen (secondary N) is 1. The van der Waals surface area contributed by atoms with Crippen LogP contribution in [0.15, 0.2) is 0 Å². The van der Waals surface area contributed by atoms with Gasteiger partial charge in [-0.1, -0.05) is 6.92 Å². The fourth-order valence-corrected chi connectivity index (χ4v) is 1.90. The smallest absolute Gasteiger partial charge is 0.217 e. The lowest BCUT2D eigenvalue weighted by atomic mass is 10.1. The van der Waals surface area contributed by atoms with Gasteiger partial charge in [-0.3, -0.25) is 4.79 Å². The number of primary amides is 1. The number of hydrogen-bond acceptors (Lipinski definition) is 3. The van der Waals surface area contributed by atoms with Crippen molar-refractivity contribution >= 4 is 5.91 Å². The molecule has 1 rings (SSSR count). The van der Waals surface area contributed by atoms with Gasteiger partial charge >= 0.3 is 0 Å². The van der Waals surface area contributed by atoms with E-state index >= 15 is 0 Å². The van der Waals surface area contributed by atoms with Gasteiger partial charge in [-0.25, -0.2) is 0 Å². The van der Waals surface area contributed by atoms with Crippen LogP contribution in [0.25, 0.3) is 0 Å². The molecule has 0 spiro atoms. The van der Waals surface area contributed by atoms with Gasteiger partial charge in [0.1, 0.15) is 0 Å². The summed E-state index contributed by atoms with van der Waals surface area (Å²) >= 11 is 0. The first-order chi connectivity index (χ1) is 6.72. The minimum Gasteiger partial charge on any atom is -0.370 e. The Balaban J connectivity index is 2.14. The van der Waals surface area contributed by atoms with E-state index in [4.69, 9.17) is 5.73 Å². The first-order valence-corrected chi connectivity index (χ1v) is 5.46. The SMILES string of the molecule is CCN1CCNC(CCCC(N)=O)C1. The molecule has 14 heavy (non-hydrogen) atoms. The molecule has 1 aliphatic heterocycles. The number of carbonyl (C=O) groups excluding carboxylic acids is 1. The first kappa shape index (κ1) is 11.5. The summed E-state index contributed by atoms with van der Waals surface area (Å²) in [5.41, 5.74) is 5.09. The van der Waals surface area contributed by atoms with Crippen LogP contribution < -0.4 is 11.1 Å². The molecular weight excluding hydrogens is 178 g/mol. The van der Waals surface area contributed by atoms with Crippen LogP contribution in [0.3, 0.4) is 0 Å². The number of likely N-dealkylation sites (N-methyl/N-ethyl adjacent to an activating group) is 1. The Bertz CT molecular complexity index is 184. The second-order valence-electron chi connectivity index (χ2n) is 3.90. The van der Waals surface area contributed by atoms with Gasteiger partial charge in [0.25, 0.3) is 0 Å². The highest BCUT2D eigenvalue weighted by molar-refractivity contribution is 5.73. The lowest BCUT2D eigenvalue weighted by Gasteiger charge is -2.32. The van der Waals surface area contributed by atoms with Gasteiger partial charge in [-0.15, -0.1) is 0 Å². The summed E-state index contributed by atoms with van der Waals surface area (Å²) in [5.74, 6) is -0.187. The zero-order valence-corrected chi connectivity index (χ0v) is 8.96. The molecule has 3 N–H and O–H groups in total. The van der Waals surface area contributed by atoms with E-state index in [0.717, 1.165) is 39.0 Å². The fraction of sp³-hybridized carbons (Fsp3) is 0.900. The maximum Gasteiger partial charge on any atom is 0.217 e. The van der Waals surface area contributed by atoms with Crippen molar-refractivity contribution in [3.63, 3.8) is 0 Å². The van der Waals surface area contributed by atoms with E-state index in [1.807, 2.05) is 0 Å². The molecule has 1 heterocycles. The van der Waals surface area contributed by atoms with Gasteiger partial charge < -0.3 is 16.0 Å². The monoisotopic (exact) mass is 199 g/mol. The molecule has 0 aromatic carbocycles. The summed E-state index contributed by atoms with van der Waals surface area (Å²) < 4.78 is 0. The van der Waals surface area contributed by atoms with Crippen LogP contribution in [0.5, 0.6) is 0 Å². The Morgan fingerprint density at radius 2 is 2.43 bits per heavy atom. The third-order valence-electron chi connectivity index (χ3n) is 2.76. The van der Waals surface area contributed by atoms with Crippen molar-refractivity contribution in [3.05, 3.63) is 0 Å². The van der Waals surface area contributed by atoms with Gasteiger partial charge in [0.15, 0.2) is 0 Å². The number of amides is 1. The Morgan fingerprint density at radius 3 is 3.07 bits per heavy atom. The van der Waals surface area contributed by atoms with Crippen LogP contribution in [0.2, 0.25) is 0 Å². The lowest BCUT2D eigenvalue weighted by molar-refractivity contribution is -0.118. The van der Waals surface area contributed by atoms with Crippen LogP contribution in [0.1, 0.15) is 26.2 Å². The molecule has 82 valence electrons. The number of rotatable bonds is 5. The third kappa shape index (κ3) is 4.07. The molecule has 1 saturated heterocycles. The molecule has 4 nitrogen and oxygen atoms in total. The van der Waals surface area contributed by atoms with Crippen LogP contribution in [0.4, 0.5) is 0 Å². The van der Waals surface area contributed by atoms with E-state index in [0.29, 0.717) is 12.5 Å². The minimum absolute atomic E-state index is 0.187. The Labute approximate surface area is 85.8 Å². The Hall–Kier alpha value is -0.610. The molecule has 0 radical (unpaired) electrons. The zero-order valence-electron chi connectivity index (χ0n) is 8.96. The van der Waals surface area contributed by atoms with Crippen LogP contribution in [-0.2, 0) is 4.79 Å². The number of hydrogen-bond donors (Lipinski definition) is 2. The van der Waals surface area contributed by atoms with Crippen molar-refractivity contribution in [1.29, 1.82) is 0 Å². The molecule has 0 aromatic rings. The maximum absolute atomic E-state index is 10.6. The molecular formula is C10H21N3O. The van der Waals surface area contributed by atoms with E-state index < -0.39 is 0 Å². The number of carbonyl (C=O) groups is 1. The van der Waals surface area contributed by atoms with Gasteiger partial charge in [0, 0.05) is 32.1 Å². The highest BCUT2D eigenvalue weighted by Gasteiger charge is 2.17. The van der Waals surface area contributed by atoms with Crippen molar-refractivity contribution in [2.24, 2.45) is 5.73 Å². The zero-order chi connectivity index (χ0) is 10.4. The van der Waals surface area contributed by atoms with Crippen molar-refractivity contribution < 1.29 is 4.79 Å². The molecule has 1 unspecified atom stereocenters. The van der Waals surface area contributed by atoms with Crippen LogP contribution in [-0.4, -0.2) is 43.0 Å². The Kier molecular flexibility index (Phi) is 4.90. The molecule has 1 aliphatic rings. The molecule has 0 bridgehead atoms. The summed E-state index contributed by atoms with van der Waals surface area (Å²) in [6.07, 6.45) is 2.48. The molecule has 0 aromatic heterocycles. The number of piperazine rings is 1. The van der Waals surface area contributed by atoms with Gasteiger partial charge in [-0.2, -0.15) is 0 Å². The van der Waals surface area contributed by atoms with Gasteiger partial charge in [-0.05, 0) is 19.4 Å². The van der Waals surface area contributed by atoms with E-state index in [9.17, 15) is 4.79 Å². The summed E-state index contributed by atoms with van der Waals surface area (Å²) in [6.45, 7) is 6.62. The average Bonchev–Trinajstić information content (AvgIpc) is 2.18. The second-order valence-corrected chi connectivity index (χ2v) is 3.90. The van der Waals surface area contributed by atoms with Crippen molar-refractivity contribution in [3.8, 4) is 0 Å². The highest BCUT2D eigenvalue weighted by atomic mass is 16.1. The predicted molar refractivity (Wildman–Crippen MR) is 57.0 cm³/mol. The lowest BCUT2D eigenvalue weighted by Crippen LogP contribution is -2.50. The molecule has 0 aliphatic carbocycles. The van der Waals surface area contributed by atoms with Crippen molar-refractivity contribution in [2.75, 3.05) is 26.2 Å². The standard InChI is InChI=1S/C10H21N3O/c1-2-13-7-6-12-9(8-13)4-3-5-10(11)14/h9,12H,2-8H2,1H3,(H2,11,14). The molecule has 4 heteroatoms. The normalized spacial score (nSPS) is 23.6. The highest BCUT2D eigenvalue weighted by Crippen LogP contribution is 2.06. The van der Waals surface area contributed by atoms with Gasteiger partial charge in [0.05, 0.1) is 0 Å². The number of nitrogens with two attached hydrogens (primary N) is 1. The second kappa shape index (κ2) is 5.98. The van der Waals surface area contributed by atoms with Crippen molar-refractivity contribution in [1.82, 2.24) is 10.2 Å².